The molecule has 2 aliphatic rings. The van der Waals surface area contributed by atoms with Crippen LogP contribution in [0, 0.1) is 11.8 Å². The maximum absolute atomic E-state index is 12.1. The molecule has 1 aliphatic heterocycles. The van der Waals surface area contributed by atoms with Crippen LogP contribution in [0.25, 0.3) is 0 Å². The second-order valence-corrected chi connectivity index (χ2v) is 6.00. The summed E-state index contributed by atoms with van der Waals surface area (Å²) in [6.45, 7) is 1.10. The van der Waals surface area contributed by atoms with E-state index < -0.39 is 17.9 Å². The quantitative estimate of drug-likeness (QED) is 0.702. The van der Waals surface area contributed by atoms with Crippen LogP contribution in [0.1, 0.15) is 38.5 Å². The highest BCUT2D eigenvalue weighted by molar-refractivity contribution is 5.86. The number of hydrogen-bond acceptors (Lipinski definition) is 3. The van der Waals surface area contributed by atoms with Crippen LogP contribution in [0.3, 0.4) is 0 Å². The van der Waals surface area contributed by atoms with Crippen LogP contribution in [0.5, 0.6) is 0 Å². The van der Waals surface area contributed by atoms with Crippen LogP contribution in [-0.4, -0.2) is 47.0 Å². The Bertz CT molecular complexity index is 418. The fraction of sp³-hybridized carbons (Fsp3) is 0.786. The lowest BCUT2D eigenvalue weighted by molar-refractivity contribution is -0.143. The van der Waals surface area contributed by atoms with Gasteiger partial charge in [0.2, 0.25) is 5.91 Å². The van der Waals surface area contributed by atoms with Crippen LogP contribution in [0.15, 0.2) is 0 Å². The molecule has 0 aromatic heterocycles. The van der Waals surface area contributed by atoms with Gasteiger partial charge in [0.25, 0.3) is 0 Å². The van der Waals surface area contributed by atoms with Crippen molar-refractivity contribution < 1.29 is 19.5 Å². The fourth-order valence-electron chi connectivity index (χ4n) is 3.25. The van der Waals surface area contributed by atoms with Crippen molar-refractivity contribution in [1.82, 2.24) is 10.2 Å². The van der Waals surface area contributed by atoms with Gasteiger partial charge >= 0.3 is 12.0 Å². The number of primary amides is 1. The lowest BCUT2D eigenvalue weighted by atomic mass is 9.82. The number of nitrogens with two attached hydrogens (primary N) is 1. The van der Waals surface area contributed by atoms with Crippen molar-refractivity contribution >= 4 is 17.9 Å². The minimum absolute atomic E-state index is 0.239. The third-order valence-electron chi connectivity index (χ3n) is 4.58. The molecule has 1 unspecified atom stereocenters. The molecule has 7 nitrogen and oxygen atoms in total. The number of carbonyl (C=O) groups excluding carboxylic acids is 2. The highest BCUT2D eigenvalue weighted by atomic mass is 16.4. The molecular weight excluding hydrogens is 274 g/mol. The van der Waals surface area contributed by atoms with Crippen molar-refractivity contribution in [3.05, 3.63) is 0 Å². The van der Waals surface area contributed by atoms with E-state index in [1.807, 2.05) is 0 Å². The molecular formula is C14H23N3O4. The predicted molar refractivity (Wildman–Crippen MR) is 75.4 cm³/mol. The summed E-state index contributed by atoms with van der Waals surface area (Å²) in [5.74, 6) is -1.10. The molecule has 21 heavy (non-hydrogen) atoms. The second kappa shape index (κ2) is 6.78. The average Bonchev–Trinajstić information content (AvgIpc) is 2.95. The van der Waals surface area contributed by atoms with E-state index in [1.165, 1.54) is 4.90 Å². The first kappa shape index (κ1) is 15.6. The highest BCUT2D eigenvalue weighted by Crippen LogP contribution is 2.28. The summed E-state index contributed by atoms with van der Waals surface area (Å²) < 4.78 is 0. The molecule has 2 fully saturated rings. The van der Waals surface area contributed by atoms with E-state index in [1.54, 1.807) is 0 Å². The van der Waals surface area contributed by atoms with Gasteiger partial charge in [-0.15, -0.1) is 0 Å². The van der Waals surface area contributed by atoms with Crippen molar-refractivity contribution in [1.29, 1.82) is 0 Å². The Hall–Kier alpha value is -1.79. The Balaban J connectivity index is 1.75. The Labute approximate surface area is 123 Å². The molecule has 1 atom stereocenters. The number of amides is 3. The molecule has 0 bridgehead atoms. The SMILES string of the molecule is NC(=O)C1CCCN1C(=O)NCC1CCC(C(=O)O)CC1. The summed E-state index contributed by atoms with van der Waals surface area (Å²) in [6.07, 6.45) is 4.40. The van der Waals surface area contributed by atoms with Gasteiger partial charge in [-0.1, -0.05) is 0 Å². The number of nitrogens with zero attached hydrogens (tertiary/aromatic N) is 1. The van der Waals surface area contributed by atoms with Gasteiger partial charge in [-0.25, -0.2) is 4.79 Å². The number of urea groups is 1. The molecule has 2 rings (SSSR count). The molecule has 1 heterocycles. The van der Waals surface area contributed by atoms with E-state index in [4.69, 9.17) is 10.8 Å². The topological polar surface area (TPSA) is 113 Å². The number of carbonyl (C=O) groups is 3. The number of hydrogen-bond donors (Lipinski definition) is 3. The van der Waals surface area contributed by atoms with E-state index >= 15 is 0 Å². The molecule has 4 N–H and O–H groups in total. The predicted octanol–water partition coefficient (Wildman–Crippen LogP) is 0.537. The Morgan fingerprint density at radius 1 is 1.14 bits per heavy atom. The van der Waals surface area contributed by atoms with Crippen molar-refractivity contribution in [2.75, 3.05) is 13.1 Å². The molecule has 1 saturated carbocycles. The molecule has 0 aromatic carbocycles. The van der Waals surface area contributed by atoms with Crippen LogP contribution >= 0.6 is 0 Å². The summed E-state index contributed by atoms with van der Waals surface area (Å²) in [7, 11) is 0. The standard InChI is InChI=1S/C14H23N3O4/c15-12(18)11-2-1-7-17(11)14(21)16-8-9-3-5-10(6-4-9)13(19)20/h9-11H,1-8H2,(H2,15,18)(H,16,21)(H,19,20). The average molecular weight is 297 g/mol. The third-order valence-corrected chi connectivity index (χ3v) is 4.58. The zero-order valence-corrected chi connectivity index (χ0v) is 12.1. The first-order chi connectivity index (χ1) is 9.99. The molecule has 3 amide bonds. The van der Waals surface area contributed by atoms with E-state index in [-0.39, 0.29) is 11.9 Å². The number of likely N-dealkylation sites (tertiary alicyclic amines) is 1. The molecule has 0 spiro atoms. The van der Waals surface area contributed by atoms with Gasteiger partial charge in [0.05, 0.1) is 5.92 Å². The maximum atomic E-state index is 12.1. The van der Waals surface area contributed by atoms with Crippen LogP contribution < -0.4 is 11.1 Å². The van der Waals surface area contributed by atoms with Crippen molar-refractivity contribution in [2.45, 2.75) is 44.6 Å². The summed E-state index contributed by atoms with van der Waals surface area (Å²) in [6, 6.07) is -0.732. The van der Waals surface area contributed by atoms with Gasteiger partial charge in [-0.2, -0.15) is 0 Å². The smallest absolute Gasteiger partial charge is 0.318 e. The summed E-state index contributed by atoms with van der Waals surface area (Å²) in [5, 5.41) is 11.8. The fourth-order valence-corrected chi connectivity index (χ4v) is 3.25. The van der Waals surface area contributed by atoms with Gasteiger partial charge in [0, 0.05) is 13.1 Å². The first-order valence-corrected chi connectivity index (χ1v) is 7.55. The number of nitrogens with one attached hydrogen (secondary N) is 1. The van der Waals surface area contributed by atoms with Crippen LogP contribution in [0.4, 0.5) is 4.79 Å². The molecule has 1 saturated heterocycles. The molecule has 0 radical (unpaired) electrons. The third kappa shape index (κ3) is 3.86. The maximum Gasteiger partial charge on any atom is 0.318 e. The molecule has 7 heteroatoms. The van der Waals surface area contributed by atoms with E-state index in [2.05, 4.69) is 5.32 Å². The van der Waals surface area contributed by atoms with E-state index in [0.29, 0.717) is 38.3 Å². The molecule has 1 aliphatic carbocycles. The zero-order valence-electron chi connectivity index (χ0n) is 12.1. The Morgan fingerprint density at radius 2 is 1.81 bits per heavy atom. The van der Waals surface area contributed by atoms with E-state index in [0.717, 1.165) is 19.3 Å². The first-order valence-electron chi connectivity index (χ1n) is 7.55. The van der Waals surface area contributed by atoms with Crippen LogP contribution in [0.2, 0.25) is 0 Å². The lowest BCUT2D eigenvalue weighted by Crippen LogP contribution is -2.49. The number of rotatable bonds is 4. The van der Waals surface area contributed by atoms with Gasteiger partial charge in [-0.05, 0) is 44.4 Å². The minimum atomic E-state index is -0.723. The van der Waals surface area contributed by atoms with Gasteiger partial charge in [-0.3, -0.25) is 9.59 Å². The second-order valence-electron chi connectivity index (χ2n) is 6.00. The number of aliphatic carboxylic acids is 1. The highest BCUT2D eigenvalue weighted by Gasteiger charge is 2.33. The lowest BCUT2D eigenvalue weighted by Gasteiger charge is -2.28. The van der Waals surface area contributed by atoms with Gasteiger partial charge < -0.3 is 21.1 Å². The Morgan fingerprint density at radius 3 is 2.38 bits per heavy atom. The zero-order chi connectivity index (χ0) is 15.4. The monoisotopic (exact) mass is 297 g/mol. The van der Waals surface area contributed by atoms with Crippen LogP contribution in [-0.2, 0) is 9.59 Å². The number of carboxylic acid groups (broad SMARTS) is 1. The normalized spacial score (nSPS) is 29.1. The van der Waals surface area contributed by atoms with Crippen molar-refractivity contribution in [3.8, 4) is 0 Å². The number of carboxylic acids is 1. The summed E-state index contributed by atoms with van der Waals surface area (Å²) in [4.78, 5) is 35.7. The molecule has 118 valence electrons. The Kier molecular flexibility index (Phi) is 5.03. The minimum Gasteiger partial charge on any atom is -0.481 e. The van der Waals surface area contributed by atoms with Gasteiger partial charge in [0.1, 0.15) is 6.04 Å². The molecule has 0 aromatic rings. The summed E-state index contributed by atoms with van der Waals surface area (Å²) in [5.41, 5.74) is 5.29. The van der Waals surface area contributed by atoms with Crippen molar-refractivity contribution in [2.24, 2.45) is 17.6 Å². The van der Waals surface area contributed by atoms with Crippen molar-refractivity contribution in [3.63, 3.8) is 0 Å². The van der Waals surface area contributed by atoms with Gasteiger partial charge in [0.15, 0.2) is 0 Å². The van der Waals surface area contributed by atoms with E-state index in [9.17, 15) is 14.4 Å². The largest absolute Gasteiger partial charge is 0.481 e. The summed E-state index contributed by atoms with van der Waals surface area (Å²) >= 11 is 0.